The lowest BCUT2D eigenvalue weighted by molar-refractivity contribution is -0.131. The molecule has 0 bridgehead atoms. The van der Waals surface area contributed by atoms with Gasteiger partial charge in [0.1, 0.15) is 34.5 Å². The number of esters is 5. The molecule has 11 heteroatoms. The van der Waals surface area contributed by atoms with Crippen LogP contribution in [0.3, 0.4) is 0 Å². The van der Waals surface area contributed by atoms with Crippen LogP contribution in [0.25, 0.3) is 22.3 Å². The van der Waals surface area contributed by atoms with Gasteiger partial charge in [-0.3, -0.25) is 0 Å². The molecule has 0 aliphatic carbocycles. The maximum absolute atomic E-state index is 13.1. The quantitative estimate of drug-likeness (QED) is 0.0607. The summed E-state index contributed by atoms with van der Waals surface area (Å²) in [6.07, 6.45) is 1.46. The van der Waals surface area contributed by atoms with Crippen LogP contribution in [0.2, 0.25) is 0 Å². The van der Waals surface area contributed by atoms with Crippen molar-refractivity contribution < 1.29 is 52.4 Å². The maximum Gasteiger partial charge on any atom is 0.338 e. The van der Waals surface area contributed by atoms with E-state index in [4.69, 9.17) is 28.4 Å². The van der Waals surface area contributed by atoms with Crippen LogP contribution in [-0.2, 0) is 24.0 Å². The minimum Gasteiger partial charge on any atom is -0.493 e. The van der Waals surface area contributed by atoms with E-state index < -0.39 is 29.8 Å². The van der Waals surface area contributed by atoms with E-state index in [-0.39, 0.29) is 85.7 Å². The van der Waals surface area contributed by atoms with Crippen molar-refractivity contribution in [1.82, 2.24) is 0 Å². The average molecular weight is 723 g/mol. The first-order chi connectivity index (χ1) is 24.9. The van der Waals surface area contributed by atoms with Crippen LogP contribution in [0.5, 0.6) is 34.5 Å². The van der Waals surface area contributed by atoms with Crippen molar-refractivity contribution in [1.29, 1.82) is 0 Å². The summed E-state index contributed by atoms with van der Waals surface area (Å²) in [6, 6.07) is 11.7. The maximum atomic E-state index is 13.1. The second kappa shape index (κ2) is 18.1. The zero-order chi connectivity index (χ0) is 39.6. The van der Waals surface area contributed by atoms with Crippen molar-refractivity contribution in [3.05, 3.63) is 109 Å². The standard InChI is InChI=1S/C42H42O11/c1-12-13-18-48-34-21-33(31-17-15-29(50-39(44)24(4)5)20-36(31)52-41(46)26(8)9)37(53-42(47)27(10)11)22-32(34)30-16-14-28(49-38(43)23(2)3)19-35(30)51-40(45)25(6)7/h14-17,19-22H,2,4,6,8,10,12-13,18H2,1,3,5,7,9,11H3. The van der Waals surface area contributed by atoms with Crippen LogP contribution >= 0.6 is 0 Å². The number of rotatable bonds is 16. The van der Waals surface area contributed by atoms with Gasteiger partial charge in [0.15, 0.2) is 0 Å². The van der Waals surface area contributed by atoms with Gasteiger partial charge >= 0.3 is 29.8 Å². The Morgan fingerprint density at radius 3 is 1.13 bits per heavy atom. The third-order valence-corrected chi connectivity index (χ3v) is 7.10. The van der Waals surface area contributed by atoms with Crippen LogP contribution in [0.1, 0.15) is 54.4 Å². The molecule has 0 radical (unpaired) electrons. The number of hydrogen-bond acceptors (Lipinski definition) is 11. The molecule has 0 saturated heterocycles. The topological polar surface area (TPSA) is 141 Å². The zero-order valence-electron chi connectivity index (χ0n) is 30.8. The van der Waals surface area contributed by atoms with E-state index >= 15 is 0 Å². The third-order valence-electron chi connectivity index (χ3n) is 7.10. The van der Waals surface area contributed by atoms with Gasteiger partial charge in [-0.1, -0.05) is 46.2 Å². The molecule has 0 atom stereocenters. The molecule has 11 nitrogen and oxygen atoms in total. The van der Waals surface area contributed by atoms with Gasteiger partial charge in [-0.25, -0.2) is 24.0 Å². The van der Waals surface area contributed by atoms with Gasteiger partial charge in [0.2, 0.25) is 0 Å². The second-order valence-corrected chi connectivity index (χ2v) is 12.2. The van der Waals surface area contributed by atoms with Gasteiger partial charge in [-0.05, 0) is 77.4 Å². The van der Waals surface area contributed by atoms with E-state index in [1.165, 1.54) is 71.0 Å². The van der Waals surface area contributed by atoms with Crippen LogP contribution < -0.4 is 28.4 Å². The fourth-order valence-electron chi connectivity index (χ4n) is 4.21. The Morgan fingerprint density at radius 1 is 0.453 bits per heavy atom. The van der Waals surface area contributed by atoms with E-state index in [1.54, 1.807) is 12.1 Å². The summed E-state index contributed by atoms with van der Waals surface area (Å²) >= 11 is 0. The number of hydrogen-bond donors (Lipinski definition) is 0. The summed E-state index contributed by atoms with van der Waals surface area (Å²) in [6.45, 7) is 27.8. The molecular formula is C42H42O11. The van der Waals surface area contributed by atoms with Crippen molar-refractivity contribution in [2.24, 2.45) is 0 Å². The largest absolute Gasteiger partial charge is 0.493 e. The highest BCUT2D eigenvalue weighted by Gasteiger charge is 2.25. The van der Waals surface area contributed by atoms with E-state index in [1.807, 2.05) is 6.92 Å². The van der Waals surface area contributed by atoms with Crippen molar-refractivity contribution >= 4 is 29.8 Å². The highest BCUT2D eigenvalue weighted by Crippen LogP contribution is 2.47. The predicted molar refractivity (Wildman–Crippen MR) is 200 cm³/mol. The first kappa shape index (κ1) is 40.9. The van der Waals surface area contributed by atoms with Gasteiger partial charge in [0.05, 0.1) is 6.61 Å². The minimum atomic E-state index is -0.777. The van der Waals surface area contributed by atoms with Gasteiger partial charge in [-0.2, -0.15) is 0 Å². The molecular weight excluding hydrogens is 680 g/mol. The molecule has 0 fully saturated rings. The summed E-state index contributed by atoms with van der Waals surface area (Å²) in [5.74, 6) is -3.50. The smallest absolute Gasteiger partial charge is 0.338 e. The van der Waals surface area contributed by atoms with E-state index in [0.29, 0.717) is 12.0 Å². The van der Waals surface area contributed by atoms with Gasteiger partial charge < -0.3 is 28.4 Å². The summed E-state index contributed by atoms with van der Waals surface area (Å²) in [7, 11) is 0. The fourth-order valence-corrected chi connectivity index (χ4v) is 4.21. The van der Waals surface area contributed by atoms with Gasteiger partial charge in [0.25, 0.3) is 0 Å². The second-order valence-electron chi connectivity index (χ2n) is 12.2. The van der Waals surface area contributed by atoms with E-state index in [0.717, 1.165) is 6.42 Å². The highest BCUT2D eigenvalue weighted by atomic mass is 16.6. The van der Waals surface area contributed by atoms with Crippen molar-refractivity contribution in [2.45, 2.75) is 54.4 Å². The molecule has 3 aromatic rings. The molecule has 53 heavy (non-hydrogen) atoms. The van der Waals surface area contributed by atoms with Gasteiger partial charge in [-0.15, -0.1) is 0 Å². The molecule has 0 amide bonds. The van der Waals surface area contributed by atoms with E-state index in [9.17, 15) is 24.0 Å². The molecule has 0 unspecified atom stereocenters. The number of carbonyl (C=O) groups is 5. The van der Waals surface area contributed by atoms with Gasteiger partial charge in [0, 0.05) is 62.3 Å². The van der Waals surface area contributed by atoms with Crippen molar-refractivity contribution in [3.63, 3.8) is 0 Å². The predicted octanol–water partition coefficient (Wildman–Crippen LogP) is 8.61. The molecule has 0 N–H and O–H groups in total. The van der Waals surface area contributed by atoms with Crippen LogP contribution in [0, 0.1) is 0 Å². The minimum absolute atomic E-state index is 0.0324. The highest BCUT2D eigenvalue weighted by molar-refractivity contribution is 5.96. The van der Waals surface area contributed by atoms with Crippen molar-refractivity contribution in [3.8, 4) is 56.8 Å². The molecule has 3 rings (SSSR count). The molecule has 0 saturated carbocycles. The lowest BCUT2D eigenvalue weighted by Gasteiger charge is -2.20. The fraction of sp³-hybridized carbons (Fsp3) is 0.214. The average Bonchev–Trinajstić information content (AvgIpc) is 3.08. The Morgan fingerprint density at radius 2 is 0.774 bits per heavy atom. The number of unbranched alkanes of at least 4 members (excludes halogenated alkanes) is 1. The number of carbonyl (C=O) groups excluding carboxylic acids is 5. The molecule has 0 aliphatic heterocycles. The number of benzene rings is 3. The lowest BCUT2D eigenvalue weighted by Crippen LogP contribution is -2.12. The van der Waals surface area contributed by atoms with E-state index in [2.05, 4.69) is 32.9 Å². The Labute approximate surface area is 308 Å². The number of ether oxygens (including phenoxy) is 6. The first-order valence-corrected chi connectivity index (χ1v) is 16.4. The monoisotopic (exact) mass is 722 g/mol. The van der Waals surface area contributed by atoms with Crippen molar-refractivity contribution in [2.75, 3.05) is 6.61 Å². The first-order valence-electron chi connectivity index (χ1n) is 16.4. The summed E-state index contributed by atoms with van der Waals surface area (Å²) in [5.41, 5.74) is 1.62. The molecule has 0 aromatic heterocycles. The SMILES string of the molecule is C=C(C)C(=O)Oc1ccc(-c2cc(OC(=O)C(=C)C)c(-c3ccc(OC(=O)C(=C)C)cc3OC(=O)C(=C)C)cc2OCCCC)c(OC(=O)C(=C)C)c1. The van der Waals surface area contributed by atoms with Crippen LogP contribution in [-0.4, -0.2) is 36.5 Å². The Bertz CT molecular complexity index is 2050. The molecule has 0 heterocycles. The molecule has 0 spiro atoms. The lowest BCUT2D eigenvalue weighted by atomic mass is 9.96. The summed E-state index contributed by atoms with van der Waals surface area (Å²) in [5, 5.41) is 0. The Kier molecular flexibility index (Phi) is 14.0. The normalized spacial score (nSPS) is 10.3. The summed E-state index contributed by atoms with van der Waals surface area (Å²) < 4.78 is 34.3. The zero-order valence-corrected chi connectivity index (χ0v) is 30.8. The van der Waals surface area contributed by atoms with Crippen LogP contribution in [0.4, 0.5) is 0 Å². The molecule has 276 valence electrons. The Hall–Kier alpha value is -6.49. The summed E-state index contributed by atoms with van der Waals surface area (Å²) in [4.78, 5) is 63.4. The molecule has 3 aromatic carbocycles. The third kappa shape index (κ3) is 11.0. The Balaban J connectivity index is 2.43. The van der Waals surface area contributed by atoms with Crippen LogP contribution in [0.15, 0.2) is 109 Å². The molecule has 0 aliphatic rings.